The SMILES string of the molecule is O=C(O)COc1ccc(NC(=O)C2(NC(=O)OCC3c4ccccc4-c4ccccc43)CC2)cc1. The molecule has 0 spiro atoms. The van der Waals surface area contributed by atoms with E-state index in [0.29, 0.717) is 24.3 Å². The number of benzene rings is 3. The smallest absolute Gasteiger partial charge is 0.408 e. The van der Waals surface area contributed by atoms with E-state index in [2.05, 4.69) is 34.9 Å². The highest BCUT2D eigenvalue weighted by Gasteiger charge is 2.51. The van der Waals surface area contributed by atoms with Crippen molar-refractivity contribution in [2.75, 3.05) is 18.5 Å². The zero-order chi connectivity index (χ0) is 24.4. The Kier molecular flexibility index (Phi) is 5.86. The Labute approximate surface area is 201 Å². The van der Waals surface area contributed by atoms with E-state index in [0.717, 1.165) is 22.3 Å². The van der Waals surface area contributed by atoms with Gasteiger partial charge in [-0.15, -0.1) is 0 Å². The van der Waals surface area contributed by atoms with Crippen molar-refractivity contribution in [3.63, 3.8) is 0 Å². The number of rotatable bonds is 8. The number of aliphatic carboxylic acids is 1. The monoisotopic (exact) mass is 472 g/mol. The molecule has 3 N–H and O–H groups in total. The predicted octanol–water partition coefficient (Wildman–Crippen LogP) is 4.16. The van der Waals surface area contributed by atoms with Crippen LogP contribution in [0.1, 0.15) is 29.9 Å². The first-order valence-electron chi connectivity index (χ1n) is 11.3. The number of carbonyl (C=O) groups excluding carboxylic acids is 2. The third-order valence-corrected chi connectivity index (χ3v) is 6.34. The standard InChI is InChI=1S/C27H24N2O6/c30-24(31)16-34-18-11-9-17(10-12-18)28-25(32)27(13-14-27)29-26(33)35-15-23-21-7-3-1-5-19(21)20-6-2-4-8-22(20)23/h1-12,23H,13-16H2,(H,28,32)(H,29,33)(H,30,31). The van der Waals surface area contributed by atoms with E-state index in [4.69, 9.17) is 14.6 Å². The Morgan fingerprint density at radius 1 is 0.886 bits per heavy atom. The Bertz CT molecular complexity index is 1240. The second kappa shape index (κ2) is 9.13. The number of nitrogens with one attached hydrogen (secondary N) is 2. The lowest BCUT2D eigenvalue weighted by atomic mass is 9.98. The molecule has 0 aromatic heterocycles. The molecule has 3 aromatic carbocycles. The second-order valence-electron chi connectivity index (χ2n) is 8.69. The highest BCUT2D eigenvalue weighted by Crippen LogP contribution is 2.44. The van der Waals surface area contributed by atoms with Gasteiger partial charge in [0.15, 0.2) is 6.61 Å². The zero-order valence-corrected chi connectivity index (χ0v) is 18.8. The fraction of sp³-hybridized carbons (Fsp3) is 0.222. The molecule has 178 valence electrons. The maximum Gasteiger partial charge on any atom is 0.408 e. The number of carbonyl (C=O) groups is 3. The van der Waals surface area contributed by atoms with Gasteiger partial charge in [0.2, 0.25) is 5.91 Å². The topological polar surface area (TPSA) is 114 Å². The number of ether oxygens (including phenoxy) is 2. The molecule has 1 fully saturated rings. The van der Waals surface area contributed by atoms with Gasteiger partial charge in [0, 0.05) is 11.6 Å². The summed E-state index contributed by atoms with van der Waals surface area (Å²) >= 11 is 0. The van der Waals surface area contributed by atoms with Crippen LogP contribution in [0.3, 0.4) is 0 Å². The van der Waals surface area contributed by atoms with E-state index in [1.54, 1.807) is 24.3 Å². The van der Waals surface area contributed by atoms with Crippen molar-refractivity contribution in [2.45, 2.75) is 24.3 Å². The number of amides is 2. The molecule has 1 saturated carbocycles. The normalized spacial score (nSPS) is 14.9. The molecule has 0 unspecified atom stereocenters. The molecular formula is C27H24N2O6. The molecule has 8 nitrogen and oxygen atoms in total. The summed E-state index contributed by atoms with van der Waals surface area (Å²) in [6.07, 6.45) is 0.406. The van der Waals surface area contributed by atoms with Gasteiger partial charge in [0.25, 0.3) is 0 Å². The van der Waals surface area contributed by atoms with Crippen molar-refractivity contribution >= 4 is 23.7 Å². The molecule has 8 heteroatoms. The average Bonchev–Trinajstić information content (AvgIpc) is 3.58. The van der Waals surface area contributed by atoms with Crippen LogP contribution in [-0.2, 0) is 14.3 Å². The van der Waals surface area contributed by atoms with Gasteiger partial charge in [-0.1, -0.05) is 48.5 Å². The maximum atomic E-state index is 12.8. The van der Waals surface area contributed by atoms with Gasteiger partial charge < -0.3 is 25.2 Å². The number of carboxylic acids is 1. The van der Waals surface area contributed by atoms with Crippen LogP contribution in [0.4, 0.5) is 10.5 Å². The molecule has 0 aliphatic heterocycles. The molecule has 0 atom stereocenters. The highest BCUT2D eigenvalue weighted by atomic mass is 16.5. The lowest BCUT2D eigenvalue weighted by molar-refractivity contribution is -0.139. The molecule has 5 rings (SSSR count). The second-order valence-corrected chi connectivity index (χ2v) is 8.69. The van der Waals surface area contributed by atoms with Crippen molar-refractivity contribution in [3.05, 3.63) is 83.9 Å². The molecule has 0 radical (unpaired) electrons. The fourth-order valence-corrected chi connectivity index (χ4v) is 4.39. The predicted molar refractivity (Wildman–Crippen MR) is 128 cm³/mol. The lowest BCUT2D eigenvalue weighted by Crippen LogP contribution is -2.46. The average molecular weight is 472 g/mol. The van der Waals surface area contributed by atoms with E-state index in [-0.39, 0.29) is 18.4 Å². The molecule has 35 heavy (non-hydrogen) atoms. The summed E-state index contributed by atoms with van der Waals surface area (Å²) in [4.78, 5) is 36.1. The van der Waals surface area contributed by atoms with Gasteiger partial charge in [0.1, 0.15) is 17.9 Å². The quantitative estimate of drug-likeness (QED) is 0.454. The van der Waals surface area contributed by atoms with Crippen molar-refractivity contribution in [1.29, 1.82) is 0 Å². The summed E-state index contributed by atoms with van der Waals surface area (Å²) in [6.45, 7) is -0.270. The van der Waals surface area contributed by atoms with Crippen molar-refractivity contribution in [1.82, 2.24) is 5.32 Å². The minimum atomic E-state index is -1.07. The molecule has 2 aliphatic carbocycles. The fourth-order valence-electron chi connectivity index (χ4n) is 4.39. The summed E-state index contributed by atoms with van der Waals surface area (Å²) in [5.74, 6) is -1.08. The maximum absolute atomic E-state index is 12.8. The highest BCUT2D eigenvalue weighted by molar-refractivity contribution is 6.02. The first-order valence-corrected chi connectivity index (χ1v) is 11.3. The Balaban J connectivity index is 1.18. The van der Waals surface area contributed by atoms with Gasteiger partial charge in [-0.3, -0.25) is 4.79 Å². The number of hydrogen-bond donors (Lipinski definition) is 3. The van der Waals surface area contributed by atoms with Crippen LogP contribution in [0.2, 0.25) is 0 Å². The largest absolute Gasteiger partial charge is 0.482 e. The Hall–Kier alpha value is -4.33. The molecular weight excluding hydrogens is 448 g/mol. The third-order valence-electron chi connectivity index (χ3n) is 6.34. The molecule has 0 heterocycles. The van der Waals surface area contributed by atoms with E-state index >= 15 is 0 Å². The van der Waals surface area contributed by atoms with Crippen LogP contribution in [0, 0.1) is 0 Å². The van der Waals surface area contributed by atoms with Crippen LogP contribution in [0.5, 0.6) is 5.75 Å². The minimum absolute atomic E-state index is 0.0565. The molecule has 0 saturated heterocycles. The van der Waals surface area contributed by atoms with Crippen LogP contribution < -0.4 is 15.4 Å². The molecule has 2 aliphatic rings. The van der Waals surface area contributed by atoms with Crippen LogP contribution in [0.15, 0.2) is 72.8 Å². The van der Waals surface area contributed by atoms with E-state index < -0.39 is 24.2 Å². The van der Waals surface area contributed by atoms with Gasteiger partial charge in [-0.2, -0.15) is 0 Å². The summed E-state index contributed by atoms with van der Waals surface area (Å²) in [6, 6.07) is 22.5. The van der Waals surface area contributed by atoms with Crippen LogP contribution in [-0.4, -0.2) is 41.8 Å². The zero-order valence-electron chi connectivity index (χ0n) is 18.8. The molecule has 3 aromatic rings. The van der Waals surface area contributed by atoms with Gasteiger partial charge in [0.05, 0.1) is 0 Å². The van der Waals surface area contributed by atoms with Gasteiger partial charge >= 0.3 is 12.1 Å². The number of carboxylic acid groups (broad SMARTS) is 1. The first kappa shape index (κ1) is 22.5. The molecule has 2 amide bonds. The molecule has 0 bridgehead atoms. The number of alkyl carbamates (subject to hydrolysis) is 1. The van der Waals surface area contributed by atoms with Crippen molar-refractivity contribution in [2.24, 2.45) is 0 Å². The Morgan fingerprint density at radius 2 is 1.49 bits per heavy atom. The number of fused-ring (bicyclic) bond motifs is 3. The summed E-state index contributed by atoms with van der Waals surface area (Å²) in [5, 5.41) is 14.2. The third kappa shape index (κ3) is 4.68. The lowest BCUT2D eigenvalue weighted by Gasteiger charge is -2.19. The van der Waals surface area contributed by atoms with E-state index in [1.165, 1.54) is 0 Å². The summed E-state index contributed by atoms with van der Waals surface area (Å²) in [7, 11) is 0. The van der Waals surface area contributed by atoms with Gasteiger partial charge in [-0.05, 0) is 59.4 Å². The van der Waals surface area contributed by atoms with Crippen molar-refractivity contribution < 1.29 is 29.0 Å². The summed E-state index contributed by atoms with van der Waals surface area (Å²) < 4.78 is 10.7. The van der Waals surface area contributed by atoms with Gasteiger partial charge in [-0.25, -0.2) is 9.59 Å². The summed E-state index contributed by atoms with van der Waals surface area (Å²) in [5.41, 5.74) is 4.05. The van der Waals surface area contributed by atoms with E-state index in [9.17, 15) is 14.4 Å². The van der Waals surface area contributed by atoms with Crippen LogP contribution in [0.25, 0.3) is 11.1 Å². The number of anilines is 1. The van der Waals surface area contributed by atoms with Crippen molar-refractivity contribution in [3.8, 4) is 16.9 Å². The first-order chi connectivity index (χ1) is 16.9. The Morgan fingerprint density at radius 3 is 2.06 bits per heavy atom. The number of hydrogen-bond acceptors (Lipinski definition) is 5. The minimum Gasteiger partial charge on any atom is -0.482 e. The van der Waals surface area contributed by atoms with Crippen LogP contribution >= 0.6 is 0 Å². The van der Waals surface area contributed by atoms with E-state index in [1.807, 2.05) is 24.3 Å².